The molecule has 0 spiro atoms. The molecule has 0 aliphatic carbocycles. The average molecular weight is 271 g/mol. The van der Waals surface area contributed by atoms with Crippen LogP contribution in [0.2, 0.25) is 0 Å². The Labute approximate surface area is 109 Å². The van der Waals surface area contributed by atoms with Gasteiger partial charge in [0, 0.05) is 12.8 Å². The van der Waals surface area contributed by atoms with Crippen LogP contribution < -0.4 is 5.32 Å². The fourth-order valence-electron chi connectivity index (χ4n) is 1.60. The maximum absolute atomic E-state index is 11.3. The van der Waals surface area contributed by atoms with E-state index in [0.717, 1.165) is 24.9 Å². The van der Waals surface area contributed by atoms with Crippen molar-refractivity contribution < 1.29 is 13.5 Å². The molecule has 1 atom stereocenters. The normalized spacial score (nSPS) is 13.5. The van der Waals surface area contributed by atoms with Crippen molar-refractivity contribution in [1.29, 1.82) is 0 Å². The zero-order chi connectivity index (χ0) is 13.6. The van der Waals surface area contributed by atoms with E-state index < -0.39 is 15.9 Å². The number of rotatable bonds is 7. The van der Waals surface area contributed by atoms with Crippen molar-refractivity contribution >= 4 is 9.84 Å². The lowest BCUT2D eigenvalue weighted by Crippen LogP contribution is -2.22. The Hall–Kier alpha value is -0.910. The van der Waals surface area contributed by atoms with Gasteiger partial charge in [0.15, 0.2) is 9.84 Å². The molecule has 102 valence electrons. The largest absolute Gasteiger partial charge is 0.387 e. The molecular weight excluding hydrogens is 250 g/mol. The highest BCUT2D eigenvalue weighted by atomic mass is 32.2. The first-order valence-corrected chi connectivity index (χ1v) is 8.03. The van der Waals surface area contributed by atoms with E-state index in [9.17, 15) is 13.5 Å². The molecule has 0 saturated carbocycles. The topological polar surface area (TPSA) is 66.4 Å². The Morgan fingerprint density at radius 3 is 2.39 bits per heavy atom. The molecule has 0 amide bonds. The number of benzene rings is 1. The molecule has 2 N–H and O–H groups in total. The predicted molar refractivity (Wildman–Crippen MR) is 72.3 cm³/mol. The quantitative estimate of drug-likeness (QED) is 0.738. The van der Waals surface area contributed by atoms with Gasteiger partial charge in [-0.15, -0.1) is 0 Å². The second kappa shape index (κ2) is 6.87. The second-order valence-corrected chi connectivity index (χ2v) is 6.43. The second-order valence-electron chi connectivity index (χ2n) is 4.41. The van der Waals surface area contributed by atoms with Crippen LogP contribution in [0.3, 0.4) is 0 Å². The first kappa shape index (κ1) is 15.1. The van der Waals surface area contributed by atoms with Crippen LogP contribution in [0.5, 0.6) is 0 Å². The minimum Gasteiger partial charge on any atom is -0.387 e. The van der Waals surface area contributed by atoms with Crippen LogP contribution in [0.4, 0.5) is 0 Å². The first-order chi connectivity index (χ1) is 8.45. The van der Waals surface area contributed by atoms with E-state index >= 15 is 0 Å². The fraction of sp³-hybridized carbons (Fsp3) is 0.538. The highest BCUT2D eigenvalue weighted by molar-refractivity contribution is 7.90. The van der Waals surface area contributed by atoms with Gasteiger partial charge in [-0.1, -0.05) is 25.5 Å². The molecule has 1 rings (SSSR count). The lowest BCUT2D eigenvalue weighted by Gasteiger charge is -2.12. The zero-order valence-corrected chi connectivity index (χ0v) is 11.7. The van der Waals surface area contributed by atoms with Crippen LogP contribution in [-0.4, -0.2) is 32.9 Å². The number of unbranched alkanes of at least 4 members (excludes halogenated alkanes) is 1. The van der Waals surface area contributed by atoms with E-state index in [1.165, 1.54) is 18.4 Å². The Morgan fingerprint density at radius 1 is 1.28 bits per heavy atom. The van der Waals surface area contributed by atoms with Crippen LogP contribution in [-0.2, 0) is 9.84 Å². The molecular formula is C13H21NO3S. The van der Waals surface area contributed by atoms with Crippen molar-refractivity contribution in [3.05, 3.63) is 29.8 Å². The monoisotopic (exact) mass is 271 g/mol. The molecule has 18 heavy (non-hydrogen) atoms. The summed E-state index contributed by atoms with van der Waals surface area (Å²) in [6, 6.07) is 6.37. The third kappa shape index (κ3) is 4.76. The van der Waals surface area contributed by atoms with E-state index in [1.54, 1.807) is 12.1 Å². The number of sulfone groups is 1. The zero-order valence-electron chi connectivity index (χ0n) is 10.9. The molecule has 0 bridgehead atoms. The summed E-state index contributed by atoms with van der Waals surface area (Å²) in [4.78, 5) is 0.275. The molecule has 0 radical (unpaired) electrons. The van der Waals surface area contributed by atoms with Crippen molar-refractivity contribution in [1.82, 2.24) is 5.32 Å². The van der Waals surface area contributed by atoms with Crippen LogP contribution in [0.15, 0.2) is 29.2 Å². The van der Waals surface area contributed by atoms with E-state index in [4.69, 9.17) is 0 Å². The summed E-state index contributed by atoms with van der Waals surface area (Å²) in [7, 11) is -3.17. The van der Waals surface area contributed by atoms with E-state index in [-0.39, 0.29) is 4.90 Å². The summed E-state index contributed by atoms with van der Waals surface area (Å²) in [6.45, 7) is 3.48. The van der Waals surface area contributed by atoms with Crippen molar-refractivity contribution in [2.75, 3.05) is 19.3 Å². The summed E-state index contributed by atoms with van der Waals surface area (Å²) >= 11 is 0. The molecule has 0 aliphatic rings. The van der Waals surface area contributed by atoms with Gasteiger partial charge in [-0.25, -0.2) is 8.42 Å². The van der Waals surface area contributed by atoms with Gasteiger partial charge in [0.05, 0.1) is 11.0 Å². The van der Waals surface area contributed by atoms with E-state index in [1.807, 2.05) is 0 Å². The molecule has 1 aromatic carbocycles. The Morgan fingerprint density at radius 2 is 1.89 bits per heavy atom. The summed E-state index contributed by atoms with van der Waals surface area (Å²) in [5.74, 6) is 0. The number of aliphatic hydroxyl groups excluding tert-OH is 1. The Kier molecular flexibility index (Phi) is 5.78. The molecule has 0 fully saturated rings. The summed E-state index contributed by atoms with van der Waals surface area (Å²) in [5.41, 5.74) is 0.728. The predicted octanol–water partition coefficient (Wildman–Crippen LogP) is 1.51. The third-order valence-corrected chi connectivity index (χ3v) is 3.87. The fourth-order valence-corrected chi connectivity index (χ4v) is 2.23. The van der Waals surface area contributed by atoms with Crippen molar-refractivity contribution in [3.63, 3.8) is 0 Å². The van der Waals surface area contributed by atoms with E-state index in [0.29, 0.717) is 6.54 Å². The summed E-state index contributed by atoms with van der Waals surface area (Å²) < 4.78 is 22.6. The standard InChI is InChI=1S/C13H21NO3S/c1-3-4-9-14-10-13(15)11-5-7-12(8-6-11)18(2,16)17/h5-8,13-15H,3-4,9-10H2,1-2H3. The van der Waals surface area contributed by atoms with Crippen molar-refractivity contribution in [2.45, 2.75) is 30.8 Å². The maximum atomic E-state index is 11.3. The smallest absolute Gasteiger partial charge is 0.175 e. The molecule has 0 aliphatic heterocycles. The van der Waals surface area contributed by atoms with Gasteiger partial charge in [-0.05, 0) is 30.7 Å². The molecule has 0 heterocycles. The van der Waals surface area contributed by atoms with Gasteiger partial charge in [-0.3, -0.25) is 0 Å². The highest BCUT2D eigenvalue weighted by Gasteiger charge is 2.10. The number of hydrogen-bond donors (Lipinski definition) is 2. The van der Waals surface area contributed by atoms with Gasteiger partial charge < -0.3 is 10.4 Å². The minimum absolute atomic E-state index is 0.275. The molecule has 0 saturated heterocycles. The van der Waals surface area contributed by atoms with Crippen LogP contribution in [0.1, 0.15) is 31.4 Å². The summed E-state index contributed by atoms with van der Waals surface area (Å²) in [5, 5.41) is 13.1. The van der Waals surface area contributed by atoms with Gasteiger partial charge in [0.2, 0.25) is 0 Å². The summed E-state index contributed by atoms with van der Waals surface area (Å²) in [6.07, 6.45) is 2.77. The molecule has 0 aromatic heterocycles. The average Bonchev–Trinajstić information content (AvgIpc) is 2.33. The lowest BCUT2D eigenvalue weighted by atomic mass is 10.1. The van der Waals surface area contributed by atoms with Crippen molar-refractivity contribution in [3.8, 4) is 0 Å². The van der Waals surface area contributed by atoms with Crippen LogP contribution in [0.25, 0.3) is 0 Å². The van der Waals surface area contributed by atoms with E-state index in [2.05, 4.69) is 12.2 Å². The molecule has 5 heteroatoms. The number of aliphatic hydroxyl groups is 1. The first-order valence-electron chi connectivity index (χ1n) is 6.14. The molecule has 1 aromatic rings. The van der Waals surface area contributed by atoms with Gasteiger partial charge >= 0.3 is 0 Å². The number of hydrogen-bond acceptors (Lipinski definition) is 4. The minimum atomic E-state index is -3.17. The van der Waals surface area contributed by atoms with Gasteiger partial charge in [-0.2, -0.15) is 0 Å². The molecule has 4 nitrogen and oxygen atoms in total. The van der Waals surface area contributed by atoms with Crippen molar-refractivity contribution in [2.24, 2.45) is 0 Å². The Bertz CT molecular complexity index is 454. The lowest BCUT2D eigenvalue weighted by molar-refractivity contribution is 0.174. The molecule has 1 unspecified atom stereocenters. The Balaban J connectivity index is 2.57. The van der Waals surface area contributed by atoms with Crippen LogP contribution >= 0.6 is 0 Å². The number of nitrogens with one attached hydrogen (secondary N) is 1. The van der Waals surface area contributed by atoms with Gasteiger partial charge in [0.1, 0.15) is 0 Å². The SMILES string of the molecule is CCCCNCC(O)c1ccc(S(C)(=O)=O)cc1. The third-order valence-electron chi connectivity index (χ3n) is 2.74. The van der Waals surface area contributed by atoms with Crippen LogP contribution in [0, 0.1) is 0 Å². The van der Waals surface area contributed by atoms with Gasteiger partial charge in [0.25, 0.3) is 0 Å². The highest BCUT2D eigenvalue weighted by Crippen LogP contribution is 2.15. The maximum Gasteiger partial charge on any atom is 0.175 e.